The molecular formula is C20H21N3O4S2. The van der Waals surface area contributed by atoms with E-state index < -0.39 is 10.0 Å². The molecule has 0 aliphatic carbocycles. The average molecular weight is 432 g/mol. The van der Waals surface area contributed by atoms with Crippen molar-refractivity contribution in [3.63, 3.8) is 0 Å². The first-order valence-corrected chi connectivity index (χ1v) is 11.5. The summed E-state index contributed by atoms with van der Waals surface area (Å²) in [7, 11) is -3.75. The van der Waals surface area contributed by atoms with E-state index in [1.165, 1.54) is 30.1 Å². The third-order valence-electron chi connectivity index (χ3n) is 4.01. The van der Waals surface area contributed by atoms with Gasteiger partial charge in [0.1, 0.15) is 11.6 Å². The largest absolute Gasteiger partial charge is 0.468 e. The first kappa shape index (κ1) is 20.9. The van der Waals surface area contributed by atoms with Gasteiger partial charge >= 0.3 is 0 Å². The lowest BCUT2D eigenvalue weighted by molar-refractivity contribution is -0.115. The number of aromatic nitrogens is 1. The first-order valence-electron chi connectivity index (χ1n) is 8.96. The van der Waals surface area contributed by atoms with Crippen molar-refractivity contribution in [2.24, 2.45) is 0 Å². The molecule has 2 N–H and O–H groups in total. The molecule has 0 bridgehead atoms. The highest BCUT2D eigenvalue weighted by molar-refractivity contribution is 7.99. The fraction of sp³-hybridized carbons (Fsp3) is 0.200. The van der Waals surface area contributed by atoms with E-state index in [2.05, 4.69) is 15.0 Å². The zero-order chi connectivity index (χ0) is 20.7. The third kappa shape index (κ3) is 5.85. The Hall–Kier alpha value is -2.78. The summed E-state index contributed by atoms with van der Waals surface area (Å²) in [4.78, 5) is 16.6. The molecule has 3 rings (SSSR count). The van der Waals surface area contributed by atoms with Crippen LogP contribution >= 0.6 is 11.8 Å². The number of thioether (sulfide) groups is 1. The Morgan fingerprint density at radius 1 is 1.14 bits per heavy atom. The Bertz CT molecular complexity index is 1020. The number of nitrogens with zero attached hydrogens (tertiary/aromatic N) is 1. The number of furan rings is 1. The maximum atomic E-state index is 12.5. The van der Waals surface area contributed by atoms with Crippen LogP contribution in [0.25, 0.3) is 0 Å². The number of sulfonamides is 1. The number of pyridine rings is 1. The van der Waals surface area contributed by atoms with E-state index in [0.717, 1.165) is 5.76 Å². The minimum Gasteiger partial charge on any atom is -0.468 e. The predicted molar refractivity (Wildman–Crippen MR) is 114 cm³/mol. The Balaban J connectivity index is 1.61. The minimum absolute atomic E-state index is 0.0837. The molecule has 152 valence electrons. The number of carbonyl (C=O) groups is 1. The highest BCUT2D eigenvalue weighted by Crippen LogP contribution is 2.23. The quantitative estimate of drug-likeness (QED) is 0.528. The summed E-state index contributed by atoms with van der Waals surface area (Å²) in [6.45, 7) is 1.94. The topological polar surface area (TPSA) is 101 Å². The molecule has 7 nitrogen and oxygen atoms in total. The van der Waals surface area contributed by atoms with Gasteiger partial charge in [-0.2, -0.15) is 0 Å². The number of anilines is 2. The SMILES string of the molecule is CCC(SCc1ccco1)C(=O)Nc1ccc(S(=O)(=O)Nc2ccccn2)cc1. The predicted octanol–water partition coefficient (Wildman–Crippen LogP) is 4.13. The monoisotopic (exact) mass is 431 g/mol. The number of rotatable bonds is 9. The fourth-order valence-corrected chi connectivity index (χ4v) is 4.50. The van der Waals surface area contributed by atoms with Crippen molar-refractivity contribution in [1.82, 2.24) is 4.98 Å². The van der Waals surface area contributed by atoms with Crippen LogP contribution in [0.3, 0.4) is 0 Å². The molecule has 2 aromatic heterocycles. The van der Waals surface area contributed by atoms with Crippen LogP contribution in [0, 0.1) is 0 Å². The Labute approximate surface area is 174 Å². The van der Waals surface area contributed by atoms with Crippen LogP contribution in [0.5, 0.6) is 0 Å². The lowest BCUT2D eigenvalue weighted by atomic mass is 10.3. The molecule has 1 aromatic carbocycles. The summed E-state index contributed by atoms with van der Waals surface area (Å²) in [5, 5.41) is 2.59. The van der Waals surface area contributed by atoms with Gasteiger partial charge in [-0.3, -0.25) is 9.52 Å². The maximum Gasteiger partial charge on any atom is 0.263 e. The van der Waals surface area contributed by atoms with E-state index in [4.69, 9.17) is 4.42 Å². The molecule has 29 heavy (non-hydrogen) atoms. The minimum atomic E-state index is -3.75. The maximum absolute atomic E-state index is 12.5. The number of amides is 1. The molecule has 1 amide bonds. The smallest absolute Gasteiger partial charge is 0.263 e. The standard InChI is InChI=1S/C20H21N3O4S2/c1-2-18(28-14-16-6-5-13-27-16)20(24)22-15-8-10-17(11-9-15)29(25,26)23-19-7-3-4-12-21-19/h3-13,18H,2,14H2,1H3,(H,21,23)(H,22,24). The van der Waals surface area contributed by atoms with Crippen molar-refractivity contribution in [2.75, 3.05) is 10.0 Å². The lowest BCUT2D eigenvalue weighted by Gasteiger charge is -2.14. The number of benzene rings is 1. The van der Waals surface area contributed by atoms with Crippen LogP contribution in [0.1, 0.15) is 19.1 Å². The molecule has 0 radical (unpaired) electrons. The Morgan fingerprint density at radius 3 is 2.55 bits per heavy atom. The molecule has 0 saturated heterocycles. The lowest BCUT2D eigenvalue weighted by Crippen LogP contribution is -2.24. The molecule has 3 aromatic rings. The van der Waals surface area contributed by atoms with Crippen LogP contribution < -0.4 is 10.0 Å². The van der Waals surface area contributed by atoms with Gasteiger partial charge in [0.25, 0.3) is 10.0 Å². The van der Waals surface area contributed by atoms with E-state index in [9.17, 15) is 13.2 Å². The van der Waals surface area contributed by atoms with Gasteiger partial charge in [-0.25, -0.2) is 13.4 Å². The van der Waals surface area contributed by atoms with Crippen LogP contribution in [-0.4, -0.2) is 24.6 Å². The van der Waals surface area contributed by atoms with E-state index >= 15 is 0 Å². The molecule has 0 spiro atoms. The van der Waals surface area contributed by atoms with Crippen LogP contribution in [0.15, 0.2) is 76.4 Å². The van der Waals surface area contributed by atoms with Gasteiger partial charge in [0.05, 0.1) is 22.2 Å². The molecule has 0 aliphatic rings. The zero-order valence-electron chi connectivity index (χ0n) is 15.7. The van der Waals surface area contributed by atoms with Crippen molar-refractivity contribution in [3.05, 3.63) is 72.8 Å². The molecule has 0 fully saturated rings. The Kier molecular flexibility index (Phi) is 6.95. The van der Waals surface area contributed by atoms with Crippen molar-refractivity contribution in [1.29, 1.82) is 0 Å². The van der Waals surface area contributed by atoms with Crippen molar-refractivity contribution in [2.45, 2.75) is 29.2 Å². The molecule has 0 aliphatic heterocycles. The number of nitrogens with one attached hydrogen (secondary N) is 2. The van der Waals surface area contributed by atoms with Gasteiger partial charge in [-0.1, -0.05) is 13.0 Å². The summed E-state index contributed by atoms with van der Waals surface area (Å²) < 4.78 is 32.6. The highest BCUT2D eigenvalue weighted by Gasteiger charge is 2.19. The van der Waals surface area contributed by atoms with Gasteiger partial charge in [-0.15, -0.1) is 11.8 Å². The summed E-state index contributed by atoms with van der Waals surface area (Å²) in [6, 6.07) is 14.7. The van der Waals surface area contributed by atoms with E-state index in [-0.39, 0.29) is 21.9 Å². The van der Waals surface area contributed by atoms with Gasteiger partial charge in [0.15, 0.2) is 0 Å². The van der Waals surface area contributed by atoms with Crippen LogP contribution in [0.2, 0.25) is 0 Å². The molecule has 1 unspecified atom stereocenters. The third-order valence-corrected chi connectivity index (χ3v) is 6.78. The summed E-state index contributed by atoms with van der Waals surface area (Å²) in [6.07, 6.45) is 3.78. The highest BCUT2D eigenvalue weighted by atomic mass is 32.2. The van der Waals surface area contributed by atoms with Crippen molar-refractivity contribution in [3.8, 4) is 0 Å². The van der Waals surface area contributed by atoms with Gasteiger partial charge < -0.3 is 9.73 Å². The number of carbonyl (C=O) groups excluding carboxylic acids is 1. The van der Waals surface area contributed by atoms with Crippen LogP contribution in [-0.2, 0) is 20.6 Å². The summed E-state index contributed by atoms with van der Waals surface area (Å²) >= 11 is 1.50. The normalized spacial score (nSPS) is 12.3. The average Bonchev–Trinajstić information content (AvgIpc) is 3.23. The molecule has 9 heteroatoms. The molecule has 2 heterocycles. The van der Waals surface area contributed by atoms with E-state index in [1.54, 1.807) is 36.6 Å². The number of hydrogen-bond donors (Lipinski definition) is 2. The summed E-state index contributed by atoms with van der Waals surface area (Å²) in [5.41, 5.74) is 0.531. The second kappa shape index (κ2) is 9.62. The summed E-state index contributed by atoms with van der Waals surface area (Å²) in [5.74, 6) is 1.53. The van der Waals surface area contributed by atoms with Crippen molar-refractivity contribution >= 4 is 39.2 Å². The molecule has 1 atom stereocenters. The van der Waals surface area contributed by atoms with Crippen molar-refractivity contribution < 1.29 is 17.6 Å². The zero-order valence-corrected chi connectivity index (χ0v) is 17.4. The molecular weight excluding hydrogens is 410 g/mol. The van der Waals surface area contributed by atoms with Crippen LogP contribution in [0.4, 0.5) is 11.5 Å². The Morgan fingerprint density at radius 2 is 1.93 bits per heavy atom. The van der Waals surface area contributed by atoms with Gasteiger partial charge in [-0.05, 0) is 55.0 Å². The number of hydrogen-bond acceptors (Lipinski definition) is 6. The van der Waals surface area contributed by atoms with E-state index in [0.29, 0.717) is 17.9 Å². The van der Waals surface area contributed by atoms with Gasteiger partial charge in [0.2, 0.25) is 5.91 Å². The van der Waals surface area contributed by atoms with E-state index in [1.807, 2.05) is 19.1 Å². The fourth-order valence-electron chi connectivity index (χ4n) is 2.52. The second-order valence-electron chi connectivity index (χ2n) is 6.12. The first-order chi connectivity index (χ1) is 14.0. The van der Waals surface area contributed by atoms with Gasteiger partial charge in [0, 0.05) is 11.9 Å². The molecule has 0 saturated carbocycles. The second-order valence-corrected chi connectivity index (χ2v) is 8.99.